The largest absolute Gasteiger partial charge is 0.493 e. The van der Waals surface area contributed by atoms with Crippen molar-refractivity contribution in [1.82, 2.24) is 4.90 Å². The highest BCUT2D eigenvalue weighted by Crippen LogP contribution is 2.45. The fourth-order valence-corrected chi connectivity index (χ4v) is 4.84. The molecular formula is C28H36BrN3O4. The summed E-state index contributed by atoms with van der Waals surface area (Å²) in [4.78, 5) is 27.2. The van der Waals surface area contributed by atoms with Crippen LogP contribution in [0.25, 0.3) is 0 Å². The first-order chi connectivity index (χ1) is 16.3. The van der Waals surface area contributed by atoms with E-state index in [0.29, 0.717) is 36.6 Å². The molecule has 194 valence electrons. The minimum Gasteiger partial charge on any atom is -0.493 e. The predicted octanol–water partition coefficient (Wildman–Crippen LogP) is 5.14. The van der Waals surface area contributed by atoms with E-state index in [0.717, 1.165) is 28.9 Å². The van der Waals surface area contributed by atoms with Gasteiger partial charge in [-0.1, -0.05) is 34.6 Å². The van der Waals surface area contributed by atoms with E-state index in [1.807, 2.05) is 19.1 Å². The van der Waals surface area contributed by atoms with Crippen LogP contribution in [0, 0.1) is 5.41 Å². The molecule has 1 amide bonds. The van der Waals surface area contributed by atoms with Crippen LogP contribution in [-0.2, 0) is 17.4 Å². The van der Waals surface area contributed by atoms with Crippen molar-refractivity contribution < 1.29 is 19.1 Å². The Kier molecular flexibility index (Phi) is 7.61. The number of amidine groups is 1. The Balaban J connectivity index is 0.00000361. The van der Waals surface area contributed by atoms with Crippen molar-refractivity contribution >= 4 is 34.5 Å². The number of ether oxygens (including phenoxy) is 2. The van der Waals surface area contributed by atoms with Crippen molar-refractivity contribution in [2.45, 2.75) is 65.3 Å². The lowest BCUT2D eigenvalue weighted by atomic mass is 9.74. The Morgan fingerprint density at radius 1 is 1.19 bits per heavy atom. The fraction of sp³-hybridized carbons (Fsp3) is 0.464. The average Bonchev–Trinajstić information content (AvgIpc) is 3.06. The van der Waals surface area contributed by atoms with Crippen LogP contribution in [0.5, 0.6) is 11.5 Å². The Labute approximate surface area is 223 Å². The van der Waals surface area contributed by atoms with Crippen LogP contribution in [0.4, 0.5) is 0 Å². The molecule has 0 unspecified atom stereocenters. The molecule has 0 bridgehead atoms. The Morgan fingerprint density at radius 3 is 2.50 bits per heavy atom. The fourth-order valence-electron chi connectivity index (χ4n) is 4.84. The summed E-state index contributed by atoms with van der Waals surface area (Å²) in [6.07, 6.45) is 0.887. The van der Waals surface area contributed by atoms with Gasteiger partial charge in [0.05, 0.1) is 25.3 Å². The Hall–Kier alpha value is -2.87. The molecule has 0 saturated heterocycles. The number of hydrogen-bond acceptors (Lipinski definition) is 5. The first-order valence-corrected chi connectivity index (χ1v) is 12.1. The van der Waals surface area contributed by atoms with Gasteiger partial charge in [-0.2, -0.15) is 0 Å². The van der Waals surface area contributed by atoms with Gasteiger partial charge in [0.25, 0.3) is 5.91 Å². The molecule has 7 nitrogen and oxygen atoms in total. The molecular weight excluding hydrogens is 522 g/mol. The van der Waals surface area contributed by atoms with Crippen molar-refractivity contribution in [1.29, 1.82) is 5.41 Å². The van der Waals surface area contributed by atoms with E-state index in [1.54, 1.807) is 17.0 Å². The summed E-state index contributed by atoms with van der Waals surface area (Å²) in [5.41, 5.74) is 9.65. The molecule has 0 aromatic heterocycles. The highest BCUT2D eigenvalue weighted by Gasteiger charge is 2.35. The molecule has 4 rings (SSSR count). The molecule has 0 atom stereocenters. The molecule has 8 heteroatoms. The highest BCUT2D eigenvalue weighted by atomic mass is 79.9. The van der Waals surface area contributed by atoms with Crippen LogP contribution < -0.4 is 15.2 Å². The van der Waals surface area contributed by atoms with E-state index < -0.39 is 5.91 Å². The smallest absolute Gasteiger partial charge is 0.252 e. The van der Waals surface area contributed by atoms with Crippen LogP contribution in [0.3, 0.4) is 0 Å². The molecule has 0 aliphatic carbocycles. The molecule has 0 fully saturated rings. The second-order valence-corrected chi connectivity index (χ2v) is 11.1. The lowest BCUT2D eigenvalue weighted by Gasteiger charge is -2.36. The Morgan fingerprint density at radius 2 is 1.89 bits per heavy atom. The molecule has 2 heterocycles. The average molecular weight is 559 g/mol. The molecule has 0 radical (unpaired) electrons. The van der Waals surface area contributed by atoms with Crippen LogP contribution >= 0.6 is 17.0 Å². The zero-order valence-corrected chi connectivity index (χ0v) is 23.6. The van der Waals surface area contributed by atoms with Crippen molar-refractivity contribution in [2.24, 2.45) is 5.73 Å². The van der Waals surface area contributed by atoms with E-state index in [4.69, 9.17) is 20.6 Å². The minimum atomic E-state index is -0.604. The number of halogens is 1. The maximum Gasteiger partial charge on any atom is 0.252 e. The van der Waals surface area contributed by atoms with E-state index in [-0.39, 0.29) is 51.5 Å². The number of primary amides is 1. The molecule has 2 aliphatic rings. The summed E-state index contributed by atoms with van der Waals surface area (Å²) < 4.78 is 11.7. The molecule has 0 spiro atoms. The van der Waals surface area contributed by atoms with E-state index in [2.05, 4.69) is 34.6 Å². The molecule has 2 aromatic carbocycles. The number of amides is 1. The quantitative estimate of drug-likeness (QED) is 0.478. The van der Waals surface area contributed by atoms with Crippen LogP contribution in [0.1, 0.15) is 90.9 Å². The van der Waals surface area contributed by atoms with Gasteiger partial charge in [0.1, 0.15) is 17.3 Å². The molecule has 36 heavy (non-hydrogen) atoms. The number of nitrogens with zero attached hydrogens (tertiary/aromatic N) is 1. The van der Waals surface area contributed by atoms with E-state index >= 15 is 0 Å². The maximum atomic E-state index is 13.5. The number of ketones is 1. The monoisotopic (exact) mass is 557 g/mol. The highest BCUT2D eigenvalue weighted by molar-refractivity contribution is 8.93. The second kappa shape index (κ2) is 9.88. The van der Waals surface area contributed by atoms with Gasteiger partial charge in [0, 0.05) is 28.8 Å². The molecule has 3 N–H and O–H groups in total. The summed E-state index contributed by atoms with van der Waals surface area (Å²) in [6, 6.07) is 7.28. The number of nitrogens with one attached hydrogen (secondary N) is 1. The van der Waals surface area contributed by atoms with Crippen LogP contribution in [0.2, 0.25) is 0 Å². The van der Waals surface area contributed by atoms with Gasteiger partial charge in [0.2, 0.25) is 0 Å². The third kappa shape index (κ3) is 5.01. The van der Waals surface area contributed by atoms with Crippen molar-refractivity contribution in [3.63, 3.8) is 0 Å². The van der Waals surface area contributed by atoms with Crippen LogP contribution in [-0.4, -0.2) is 42.2 Å². The topological polar surface area (TPSA) is 106 Å². The van der Waals surface area contributed by atoms with Crippen molar-refractivity contribution in [3.05, 3.63) is 57.6 Å². The lowest BCUT2D eigenvalue weighted by molar-refractivity contribution is 0.0960. The zero-order chi connectivity index (χ0) is 25.7. The van der Waals surface area contributed by atoms with Crippen molar-refractivity contribution in [3.8, 4) is 11.5 Å². The number of nitrogens with two attached hydrogens (primary N) is 1. The van der Waals surface area contributed by atoms with Gasteiger partial charge >= 0.3 is 0 Å². The summed E-state index contributed by atoms with van der Waals surface area (Å²) >= 11 is 0. The Bertz CT molecular complexity index is 1210. The van der Waals surface area contributed by atoms with Crippen molar-refractivity contribution in [2.75, 3.05) is 19.8 Å². The normalized spacial score (nSPS) is 15.9. The van der Waals surface area contributed by atoms with Gasteiger partial charge in [0.15, 0.2) is 5.78 Å². The predicted molar refractivity (Wildman–Crippen MR) is 146 cm³/mol. The first-order valence-electron chi connectivity index (χ1n) is 12.1. The van der Waals surface area contributed by atoms with E-state index in [1.165, 1.54) is 0 Å². The summed E-state index contributed by atoms with van der Waals surface area (Å²) in [5, 5.41) is 8.67. The maximum absolute atomic E-state index is 13.5. The number of carbonyl (C=O) groups is 2. The van der Waals surface area contributed by atoms with Gasteiger partial charge < -0.3 is 20.1 Å². The number of carbonyl (C=O) groups excluding carboxylic acids is 2. The third-order valence-electron chi connectivity index (χ3n) is 6.96. The number of fused-ring (bicyclic) bond motifs is 2. The number of Topliss-reactive ketones (excluding diaryl/α,β-unsaturated/α-hetero) is 1. The lowest BCUT2D eigenvalue weighted by Crippen LogP contribution is -2.32. The summed E-state index contributed by atoms with van der Waals surface area (Å²) in [7, 11) is 0. The molecule has 2 aromatic rings. The number of rotatable bonds is 6. The molecule has 2 aliphatic heterocycles. The van der Waals surface area contributed by atoms with Gasteiger partial charge in [-0.25, -0.2) is 0 Å². The summed E-state index contributed by atoms with van der Waals surface area (Å²) in [5.74, 6) is 0.849. The molecule has 0 saturated carbocycles. The standard InChI is InChI=1S/C28H35N3O4.BrH/c1-7-34-23-12-17-14-31(25(29)18(17)13-19(23)26(30)33)15-22(32)16-10-20(27(2,3)4)24-21(11-16)28(5,6)8-9-35-24;/h10-13,29H,7-9,14-15H2,1-6H3,(H2,30,33);1H. The van der Waals surface area contributed by atoms with Gasteiger partial charge in [-0.3, -0.25) is 15.0 Å². The van der Waals surface area contributed by atoms with Crippen LogP contribution in [0.15, 0.2) is 24.3 Å². The zero-order valence-electron chi connectivity index (χ0n) is 21.9. The second-order valence-electron chi connectivity index (χ2n) is 11.1. The van der Waals surface area contributed by atoms with Gasteiger partial charge in [-0.15, -0.1) is 17.0 Å². The van der Waals surface area contributed by atoms with E-state index in [9.17, 15) is 9.59 Å². The van der Waals surface area contributed by atoms with Gasteiger partial charge in [-0.05, 0) is 54.0 Å². The summed E-state index contributed by atoms with van der Waals surface area (Å²) in [6.45, 7) is 14.1. The first kappa shape index (κ1) is 27.7. The SMILES string of the molecule is Br.CCOc1cc2c(cc1C(N)=O)C(=N)N(CC(=O)c1cc(C(C)(C)C)c3c(c1)C(C)(C)CCO3)C2. The number of benzene rings is 2. The third-order valence-corrected chi connectivity index (χ3v) is 6.96. The number of hydrogen-bond donors (Lipinski definition) is 2. The minimum absolute atomic E-state index is 0.